The molecule has 0 bridgehead atoms. The highest BCUT2D eigenvalue weighted by molar-refractivity contribution is 9.10. The van der Waals surface area contributed by atoms with E-state index in [1.54, 1.807) is 13.0 Å². The first kappa shape index (κ1) is 11.3. The van der Waals surface area contributed by atoms with Gasteiger partial charge in [0.05, 0.1) is 13.2 Å². The van der Waals surface area contributed by atoms with E-state index >= 15 is 0 Å². The number of benzene rings is 1. The molecule has 1 rings (SSSR count). The Hall–Kier alpha value is -0.770. The second-order valence-electron chi connectivity index (χ2n) is 2.58. The highest BCUT2D eigenvalue weighted by atomic mass is 79.9. The van der Waals surface area contributed by atoms with Crippen LogP contribution in [0.3, 0.4) is 0 Å². The van der Waals surface area contributed by atoms with Crippen LogP contribution in [0.15, 0.2) is 16.6 Å². The van der Waals surface area contributed by atoms with Crippen LogP contribution in [0, 0.1) is 5.82 Å². The lowest BCUT2D eigenvalue weighted by Crippen LogP contribution is -2.00. The molecule has 0 aliphatic carbocycles. The van der Waals surface area contributed by atoms with E-state index in [0.717, 1.165) is 0 Å². The molecule has 14 heavy (non-hydrogen) atoms. The Morgan fingerprint density at radius 3 is 2.43 bits per heavy atom. The lowest BCUT2D eigenvalue weighted by Gasteiger charge is -2.11. The van der Waals surface area contributed by atoms with Gasteiger partial charge in [-0.05, 0) is 26.0 Å². The Morgan fingerprint density at radius 2 is 1.86 bits per heavy atom. The van der Waals surface area contributed by atoms with Crippen molar-refractivity contribution in [3.63, 3.8) is 0 Å². The summed E-state index contributed by atoms with van der Waals surface area (Å²) in [6, 6.07) is 3.05. The quantitative estimate of drug-likeness (QED) is 0.829. The topological polar surface area (TPSA) is 18.5 Å². The molecule has 0 saturated carbocycles. The first-order chi connectivity index (χ1) is 6.69. The summed E-state index contributed by atoms with van der Waals surface area (Å²) in [6.07, 6.45) is 0. The molecule has 0 spiro atoms. The molecule has 78 valence electrons. The van der Waals surface area contributed by atoms with Crippen molar-refractivity contribution in [2.45, 2.75) is 13.8 Å². The van der Waals surface area contributed by atoms with E-state index in [0.29, 0.717) is 23.4 Å². The van der Waals surface area contributed by atoms with Gasteiger partial charge in [-0.3, -0.25) is 0 Å². The van der Waals surface area contributed by atoms with Gasteiger partial charge in [0.25, 0.3) is 0 Å². The molecule has 0 heterocycles. The molecule has 0 unspecified atom stereocenters. The van der Waals surface area contributed by atoms with Crippen molar-refractivity contribution in [3.05, 3.63) is 22.4 Å². The lowest BCUT2D eigenvalue weighted by atomic mass is 10.3. The minimum Gasteiger partial charge on any atom is -0.490 e. The van der Waals surface area contributed by atoms with Crippen LogP contribution in [-0.2, 0) is 0 Å². The van der Waals surface area contributed by atoms with Crippen LogP contribution in [0.2, 0.25) is 0 Å². The average Bonchev–Trinajstić information content (AvgIpc) is 2.11. The largest absolute Gasteiger partial charge is 0.490 e. The number of hydrogen-bond acceptors (Lipinski definition) is 2. The first-order valence-electron chi connectivity index (χ1n) is 4.43. The highest BCUT2D eigenvalue weighted by Crippen LogP contribution is 2.33. The maximum absolute atomic E-state index is 13.4. The number of hydrogen-bond donors (Lipinski definition) is 0. The Bertz CT molecular complexity index is 315. The van der Waals surface area contributed by atoms with Crippen LogP contribution in [0.5, 0.6) is 11.5 Å². The molecule has 0 aliphatic rings. The van der Waals surface area contributed by atoms with Crippen molar-refractivity contribution < 1.29 is 13.9 Å². The minimum atomic E-state index is -0.412. The number of ether oxygens (including phenoxy) is 2. The predicted octanol–water partition coefficient (Wildman–Crippen LogP) is 3.39. The summed E-state index contributed by atoms with van der Waals surface area (Å²) in [7, 11) is 0. The summed E-state index contributed by atoms with van der Waals surface area (Å²) in [5, 5.41) is 0. The summed E-state index contributed by atoms with van der Waals surface area (Å²) < 4.78 is 24.4. The first-order valence-corrected chi connectivity index (χ1v) is 5.23. The molecule has 0 aliphatic heterocycles. The summed E-state index contributed by atoms with van der Waals surface area (Å²) >= 11 is 3.19. The van der Waals surface area contributed by atoms with Crippen LogP contribution < -0.4 is 9.47 Å². The zero-order valence-electron chi connectivity index (χ0n) is 8.14. The number of rotatable bonds is 4. The molecule has 0 amide bonds. The Labute approximate surface area is 91.2 Å². The lowest BCUT2D eigenvalue weighted by molar-refractivity contribution is 0.275. The predicted molar refractivity (Wildman–Crippen MR) is 56.4 cm³/mol. The van der Waals surface area contributed by atoms with Gasteiger partial charge in [0, 0.05) is 4.47 Å². The number of halogens is 2. The van der Waals surface area contributed by atoms with Gasteiger partial charge in [-0.15, -0.1) is 0 Å². The van der Waals surface area contributed by atoms with Crippen LogP contribution >= 0.6 is 15.9 Å². The van der Waals surface area contributed by atoms with E-state index < -0.39 is 5.82 Å². The van der Waals surface area contributed by atoms with Gasteiger partial charge in [0.2, 0.25) is 0 Å². The van der Waals surface area contributed by atoms with Gasteiger partial charge in [-0.25, -0.2) is 4.39 Å². The third-order valence-electron chi connectivity index (χ3n) is 1.56. The fourth-order valence-electron chi connectivity index (χ4n) is 1.08. The van der Waals surface area contributed by atoms with Crippen LogP contribution in [0.1, 0.15) is 13.8 Å². The monoisotopic (exact) mass is 262 g/mol. The van der Waals surface area contributed by atoms with Crippen molar-refractivity contribution in [2.24, 2.45) is 0 Å². The SMILES string of the molecule is CCOc1cc(Br)cc(F)c1OCC. The van der Waals surface area contributed by atoms with Crippen molar-refractivity contribution in [1.82, 2.24) is 0 Å². The van der Waals surface area contributed by atoms with Gasteiger partial charge in [0.1, 0.15) is 0 Å². The Balaban J connectivity index is 3.07. The Kier molecular flexibility index (Phi) is 4.20. The molecule has 2 nitrogen and oxygen atoms in total. The van der Waals surface area contributed by atoms with Gasteiger partial charge in [-0.1, -0.05) is 15.9 Å². The van der Waals surface area contributed by atoms with Crippen LogP contribution in [0.4, 0.5) is 4.39 Å². The molecule has 0 N–H and O–H groups in total. The normalized spacial score (nSPS) is 10.0. The maximum Gasteiger partial charge on any atom is 0.197 e. The highest BCUT2D eigenvalue weighted by Gasteiger charge is 2.12. The zero-order chi connectivity index (χ0) is 10.6. The van der Waals surface area contributed by atoms with Gasteiger partial charge in [-0.2, -0.15) is 0 Å². The molecule has 0 radical (unpaired) electrons. The molecule has 0 saturated heterocycles. The molecule has 1 aromatic rings. The zero-order valence-corrected chi connectivity index (χ0v) is 9.73. The van der Waals surface area contributed by atoms with E-state index in [-0.39, 0.29) is 5.75 Å². The summed E-state index contributed by atoms with van der Waals surface area (Å²) in [6.45, 7) is 4.54. The average molecular weight is 263 g/mol. The van der Waals surface area contributed by atoms with Crippen LogP contribution in [-0.4, -0.2) is 13.2 Å². The van der Waals surface area contributed by atoms with Gasteiger partial charge >= 0.3 is 0 Å². The van der Waals surface area contributed by atoms with Crippen LogP contribution in [0.25, 0.3) is 0 Å². The van der Waals surface area contributed by atoms with E-state index in [2.05, 4.69) is 15.9 Å². The Morgan fingerprint density at radius 1 is 1.21 bits per heavy atom. The molecule has 0 fully saturated rings. The van der Waals surface area contributed by atoms with Crippen molar-refractivity contribution >= 4 is 15.9 Å². The van der Waals surface area contributed by atoms with E-state index in [1.807, 2.05) is 6.92 Å². The van der Waals surface area contributed by atoms with Crippen molar-refractivity contribution in [3.8, 4) is 11.5 Å². The maximum atomic E-state index is 13.4. The molecule has 4 heteroatoms. The molecular formula is C10H12BrFO2. The van der Waals surface area contributed by atoms with Gasteiger partial charge in [0.15, 0.2) is 17.3 Å². The van der Waals surface area contributed by atoms with E-state index in [1.165, 1.54) is 6.07 Å². The third-order valence-corrected chi connectivity index (χ3v) is 2.02. The van der Waals surface area contributed by atoms with E-state index in [9.17, 15) is 4.39 Å². The summed E-state index contributed by atoms with van der Waals surface area (Å²) in [5.74, 6) is 0.198. The molecule has 1 aromatic carbocycles. The van der Waals surface area contributed by atoms with Crippen molar-refractivity contribution in [2.75, 3.05) is 13.2 Å². The minimum absolute atomic E-state index is 0.178. The van der Waals surface area contributed by atoms with E-state index in [4.69, 9.17) is 9.47 Å². The smallest absolute Gasteiger partial charge is 0.197 e. The second kappa shape index (κ2) is 5.20. The molecular weight excluding hydrogens is 251 g/mol. The summed E-state index contributed by atoms with van der Waals surface area (Å²) in [5.41, 5.74) is 0. The third kappa shape index (κ3) is 2.61. The van der Waals surface area contributed by atoms with Crippen molar-refractivity contribution in [1.29, 1.82) is 0 Å². The second-order valence-corrected chi connectivity index (χ2v) is 3.50. The summed E-state index contributed by atoms with van der Waals surface area (Å²) in [4.78, 5) is 0. The fraction of sp³-hybridized carbons (Fsp3) is 0.400. The molecule has 0 aromatic heterocycles. The standard InChI is InChI=1S/C10H12BrFO2/c1-3-13-9-6-7(11)5-8(12)10(9)14-4-2/h5-6H,3-4H2,1-2H3. The molecule has 0 atom stereocenters. The van der Waals surface area contributed by atoms with Gasteiger partial charge < -0.3 is 9.47 Å². The fourth-order valence-corrected chi connectivity index (χ4v) is 1.49.